The van der Waals surface area contributed by atoms with Gasteiger partial charge in [-0.1, -0.05) is 15.9 Å². The maximum Gasteiger partial charge on any atom is 0.303 e. The molecule has 0 bridgehead atoms. The van der Waals surface area contributed by atoms with Crippen LogP contribution in [-0.4, -0.2) is 31.3 Å². The minimum atomic E-state index is -3.33. The van der Waals surface area contributed by atoms with Crippen LogP contribution in [0.25, 0.3) is 0 Å². The second kappa shape index (κ2) is 4.89. The summed E-state index contributed by atoms with van der Waals surface area (Å²) >= 11 is 3.28. The number of hydrogen-bond acceptors (Lipinski definition) is 4. The third-order valence-electron chi connectivity index (χ3n) is 2.76. The van der Waals surface area contributed by atoms with Crippen LogP contribution in [0.1, 0.15) is 12.8 Å². The fourth-order valence-corrected chi connectivity index (χ4v) is 4.00. The molecule has 0 saturated heterocycles. The van der Waals surface area contributed by atoms with Crippen molar-refractivity contribution in [1.29, 1.82) is 0 Å². The fraction of sp³-hybridized carbons (Fsp3) is 0.364. The average Bonchev–Trinajstić information content (AvgIpc) is 2.24. The van der Waals surface area contributed by atoms with E-state index in [0.717, 1.165) is 4.47 Å². The highest BCUT2D eigenvalue weighted by molar-refractivity contribution is 9.10. The Balaban J connectivity index is 2.28. The Labute approximate surface area is 113 Å². The summed E-state index contributed by atoms with van der Waals surface area (Å²) in [5, 5.41) is 11.7. The number of nitrogens with one attached hydrogen (secondary N) is 1. The number of halogens is 1. The Morgan fingerprint density at radius 2 is 2.22 bits per heavy atom. The van der Waals surface area contributed by atoms with E-state index in [4.69, 9.17) is 5.11 Å². The molecule has 1 unspecified atom stereocenters. The summed E-state index contributed by atoms with van der Waals surface area (Å²) in [4.78, 5) is 10.8. The zero-order valence-electron chi connectivity index (χ0n) is 9.39. The number of benzene rings is 1. The van der Waals surface area contributed by atoms with Crippen LogP contribution < -0.4 is 5.32 Å². The highest BCUT2D eigenvalue weighted by Gasteiger charge is 2.30. The normalized spacial score (nSPS) is 20.8. The lowest BCUT2D eigenvalue weighted by Gasteiger charge is -2.26. The molecule has 1 aromatic carbocycles. The molecule has 1 aliphatic rings. The molecule has 5 nitrogen and oxygen atoms in total. The first kappa shape index (κ1) is 13.4. The Bertz CT molecular complexity index is 585. The molecule has 1 aromatic rings. The van der Waals surface area contributed by atoms with Crippen LogP contribution in [0, 0.1) is 0 Å². The summed E-state index contributed by atoms with van der Waals surface area (Å²) in [5.74, 6) is -0.983. The maximum atomic E-state index is 12.0. The second-order valence-electron chi connectivity index (χ2n) is 4.20. The van der Waals surface area contributed by atoms with Gasteiger partial charge in [0.25, 0.3) is 0 Å². The lowest BCUT2D eigenvalue weighted by Crippen LogP contribution is -2.34. The molecule has 7 heteroatoms. The molecule has 98 valence electrons. The molecule has 1 heterocycles. The van der Waals surface area contributed by atoms with Crippen molar-refractivity contribution in [2.24, 2.45) is 0 Å². The van der Waals surface area contributed by atoms with Crippen molar-refractivity contribution < 1.29 is 18.3 Å². The number of carbonyl (C=O) groups is 1. The quantitative estimate of drug-likeness (QED) is 0.882. The largest absolute Gasteiger partial charge is 0.481 e. The van der Waals surface area contributed by atoms with Crippen LogP contribution in [0.5, 0.6) is 0 Å². The molecule has 1 atom stereocenters. The van der Waals surface area contributed by atoms with E-state index >= 15 is 0 Å². The van der Waals surface area contributed by atoms with Crippen LogP contribution in [0.15, 0.2) is 27.6 Å². The highest BCUT2D eigenvalue weighted by atomic mass is 79.9. The van der Waals surface area contributed by atoms with Gasteiger partial charge in [-0.05, 0) is 24.6 Å². The van der Waals surface area contributed by atoms with Crippen LogP contribution in [0.3, 0.4) is 0 Å². The Morgan fingerprint density at radius 1 is 1.50 bits per heavy atom. The zero-order chi connectivity index (χ0) is 13.3. The van der Waals surface area contributed by atoms with Crippen LogP contribution in [0.2, 0.25) is 0 Å². The third kappa shape index (κ3) is 2.84. The van der Waals surface area contributed by atoms with Crippen molar-refractivity contribution in [1.82, 2.24) is 0 Å². The number of aliphatic carboxylic acids is 1. The number of fused-ring (bicyclic) bond motifs is 1. The Kier molecular flexibility index (Phi) is 3.63. The summed E-state index contributed by atoms with van der Waals surface area (Å²) in [6, 6.07) is 4.57. The van der Waals surface area contributed by atoms with E-state index in [0.29, 0.717) is 12.1 Å². The van der Waals surface area contributed by atoms with Gasteiger partial charge in [0.05, 0.1) is 16.3 Å². The first-order chi connectivity index (χ1) is 8.38. The Morgan fingerprint density at radius 3 is 2.89 bits per heavy atom. The average molecular weight is 334 g/mol. The molecule has 0 saturated carbocycles. The van der Waals surface area contributed by atoms with Gasteiger partial charge in [0.15, 0.2) is 9.84 Å². The first-order valence-corrected chi connectivity index (χ1v) is 7.83. The van der Waals surface area contributed by atoms with Gasteiger partial charge in [-0.2, -0.15) is 0 Å². The predicted octanol–water partition coefficient (Wildman–Crippen LogP) is 1.88. The van der Waals surface area contributed by atoms with Crippen LogP contribution >= 0.6 is 15.9 Å². The lowest BCUT2D eigenvalue weighted by atomic mass is 10.1. The van der Waals surface area contributed by atoms with Gasteiger partial charge in [-0.25, -0.2) is 8.42 Å². The van der Waals surface area contributed by atoms with Gasteiger partial charge in [-0.3, -0.25) is 4.79 Å². The predicted molar refractivity (Wildman–Crippen MR) is 70.5 cm³/mol. The molecular weight excluding hydrogens is 322 g/mol. The van der Waals surface area contributed by atoms with E-state index in [1.54, 1.807) is 18.2 Å². The van der Waals surface area contributed by atoms with Crippen molar-refractivity contribution in [3.8, 4) is 0 Å². The molecule has 0 aliphatic carbocycles. The molecular formula is C11H12BrNO4S. The zero-order valence-corrected chi connectivity index (χ0v) is 11.8. The van der Waals surface area contributed by atoms with Crippen molar-refractivity contribution in [3.63, 3.8) is 0 Å². The van der Waals surface area contributed by atoms with Crippen LogP contribution in [0.4, 0.5) is 5.69 Å². The Hall–Kier alpha value is -1.08. The molecule has 0 fully saturated rings. The fourth-order valence-electron chi connectivity index (χ4n) is 1.96. The third-order valence-corrected chi connectivity index (χ3v) is 5.12. The van der Waals surface area contributed by atoms with E-state index < -0.39 is 15.8 Å². The molecule has 0 spiro atoms. The van der Waals surface area contributed by atoms with Crippen molar-refractivity contribution in [3.05, 3.63) is 22.7 Å². The smallest absolute Gasteiger partial charge is 0.303 e. The monoisotopic (exact) mass is 333 g/mol. The summed E-state index contributed by atoms with van der Waals surface area (Å²) in [6.45, 7) is 0. The van der Waals surface area contributed by atoms with Gasteiger partial charge in [-0.15, -0.1) is 0 Å². The molecule has 18 heavy (non-hydrogen) atoms. The molecule has 0 aromatic heterocycles. The summed E-state index contributed by atoms with van der Waals surface area (Å²) in [7, 11) is -3.33. The number of carboxylic acids is 1. The number of sulfone groups is 1. The van der Waals surface area contributed by atoms with Gasteiger partial charge in [0.1, 0.15) is 0 Å². The van der Waals surface area contributed by atoms with Gasteiger partial charge in [0, 0.05) is 16.9 Å². The van der Waals surface area contributed by atoms with Gasteiger partial charge >= 0.3 is 5.97 Å². The molecule has 1 aliphatic heterocycles. The van der Waals surface area contributed by atoms with E-state index in [-0.39, 0.29) is 23.1 Å². The lowest BCUT2D eigenvalue weighted by molar-refractivity contribution is -0.137. The molecule has 0 radical (unpaired) electrons. The van der Waals surface area contributed by atoms with E-state index in [9.17, 15) is 13.2 Å². The first-order valence-electron chi connectivity index (χ1n) is 5.39. The van der Waals surface area contributed by atoms with Crippen LogP contribution in [-0.2, 0) is 14.6 Å². The second-order valence-corrected chi connectivity index (χ2v) is 7.11. The maximum absolute atomic E-state index is 12.0. The SMILES string of the molecule is O=C(O)CCC1CS(=O)(=O)c2ccc(Br)cc2N1. The minimum Gasteiger partial charge on any atom is -0.481 e. The molecule has 0 amide bonds. The van der Waals surface area contributed by atoms with Crippen molar-refractivity contribution in [2.75, 3.05) is 11.1 Å². The topological polar surface area (TPSA) is 83.5 Å². The highest BCUT2D eigenvalue weighted by Crippen LogP contribution is 2.31. The van der Waals surface area contributed by atoms with Crippen molar-refractivity contribution in [2.45, 2.75) is 23.8 Å². The van der Waals surface area contributed by atoms with Gasteiger partial charge < -0.3 is 10.4 Å². The van der Waals surface area contributed by atoms with E-state index in [1.165, 1.54) is 0 Å². The number of anilines is 1. The minimum absolute atomic E-state index is 0.0451. The molecule has 2 rings (SSSR count). The standard InChI is InChI=1S/C11H12BrNO4S/c12-7-1-3-10-9(5-7)13-8(2-4-11(14)15)6-18(10,16)17/h1,3,5,8,13H,2,4,6H2,(H,14,15). The number of rotatable bonds is 3. The summed E-state index contributed by atoms with van der Waals surface area (Å²) in [6.07, 6.45) is 0.247. The number of carboxylic acid groups (broad SMARTS) is 1. The summed E-state index contributed by atoms with van der Waals surface area (Å²) < 4.78 is 24.9. The molecule has 2 N–H and O–H groups in total. The van der Waals surface area contributed by atoms with Crippen molar-refractivity contribution >= 4 is 37.4 Å². The van der Waals surface area contributed by atoms with E-state index in [2.05, 4.69) is 21.2 Å². The summed E-state index contributed by atoms with van der Waals surface area (Å²) in [5.41, 5.74) is 0.533. The van der Waals surface area contributed by atoms with E-state index in [1.807, 2.05) is 0 Å². The van der Waals surface area contributed by atoms with Gasteiger partial charge in [0.2, 0.25) is 0 Å². The number of hydrogen-bond donors (Lipinski definition) is 2.